The predicted octanol–water partition coefficient (Wildman–Crippen LogP) is 3.81. The van der Waals surface area contributed by atoms with E-state index in [2.05, 4.69) is 5.32 Å². The van der Waals surface area contributed by atoms with Crippen molar-refractivity contribution >= 4 is 29.1 Å². The summed E-state index contributed by atoms with van der Waals surface area (Å²) < 4.78 is 0. The summed E-state index contributed by atoms with van der Waals surface area (Å²) in [4.78, 5) is 12.1. The van der Waals surface area contributed by atoms with Gasteiger partial charge in [-0.15, -0.1) is 0 Å². The van der Waals surface area contributed by atoms with Crippen molar-refractivity contribution in [3.05, 3.63) is 33.8 Å². The molecular formula is C15H19Cl2NO2. The Morgan fingerprint density at radius 2 is 1.65 bits per heavy atom. The van der Waals surface area contributed by atoms with Gasteiger partial charge in [0.25, 0.3) is 5.91 Å². The van der Waals surface area contributed by atoms with Gasteiger partial charge in [-0.1, -0.05) is 48.9 Å². The Morgan fingerprint density at radius 1 is 1.10 bits per heavy atom. The Labute approximate surface area is 129 Å². The molecule has 0 aliphatic heterocycles. The van der Waals surface area contributed by atoms with E-state index in [9.17, 15) is 9.90 Å². The molecular weight excluding hydrogens is 297 g/mol. The van der Waals surface area contributed by atoms with Gasteiger partial charge in [0.15, 0.2) is 0 Å². The summed E-state index contributed by atoms with van der Waals surface area (Å²) in [6, 6.07) is 4.72. The Hall–Kier alpha value is -0.770. The van der Waals surface area contributed by atoms with Crippen LogP contribution in [0.1, 0.15) is 48.9 Å². The second-order valence-electron chi connectivity index (χ2n) is 5.48. The maximum Gasteiger partial charge on any atom is 0.251 e. The number of aliphatic hydroxyl groups is 1. The molecule has 0 spiro atoms. The lowest BCUT2D eigenvalue weighted by molar-refractivity contribution is 0.0246. The molecule has 0 aromatic heterocycles. The normalized spacial score (nSPS) is 18.4. The van der Waals surface area contributed by atoms with Crippen LogP contribution in [0.15, 0.2) is 18.2 Å². The van der Waals surface area contributed by atoms with E-state index in [1.165, 1.54) is 0 Å². The lowest BCUT2D eigenvalue weighted by atomic mass is 9.94. The van der Waals surface area contributed by atoms with Crippen LogP contribution in [0, 0.1) is 0 Å². The summed E-state index contributed by atoms with van der Waals surface area (Å²) in [5.74, 6) is -0.257. The average molecular weight is 316 g/mol. The van der Waals surface area contributed by atoms with Crippen LogP contribution in [0.3, 0.4) is 0 Å². The highest BCUT2D eigenvalue weighted by Crippen LogP contribution is 2.26. The van der Waals surface area contributed by atoms with Gasteiger partial charge in [-0.2, -0.15) is 0 Å². The van der Waals surface area contributed by atoms with Crippen molar-refractivity contribution in [3.8, 4) is 0 Å². The van der Waals surface area contributed by atoms with E-state index in [0.717, 1.165) is 38.5 Å². The lowest BCUT2D eigenvalue weighted by Gasteiger charge is -2.26. The zero-order valence-electron chi connectivity index (χ0n) is 11.3. The summed E-state index contributed by atoms with van der Waals surface area (Å²) in [6.07, 6.45) is 5.80. The highest BCUT2D eigenvalue weighted by Gasteiger charge is 2.28. The third-order valence-corrected chi connectivity index (χ3v) is 4.17. The molecule has 0 unspecified atom stereocenters. The van der Waals surface area contributed by atoms with Crippen LogP contribution in [0.4, 0.5) is 0 Å². The van der Waals surface area contributed by atoms with Gasteiger partial charge in [-0.3, -0.25) is 4.79 Å². The first-order valence-corrected chi connectivity index (χ1v) is 7.71. The molecule has 110 valence electrons. The third-order valence-electron chi connectivity index (χ3n) is 3.74. The van der Waals surface area contributed by atoms with Crippen LogP contribution in [0.5, 0.6) is 0 Å². The molecule has 1 saturated carbocycles. The molecule has 0 radical (unpaired) electrons. The van der Waals surface area contributed by atoms with Crippen LogP contribution < -0.4 is 5.32 Å². The quantitative estimate of drug-likeness (QED) is 0.833. The molecule has 1 aromatic carbocycles. The van der Waals surface area contributed by atoms with Crippen molar-refractivity contribution in [1.82, 2.24) is 5.32 Å². The molecule has 20 heavy (non-hydrogen) atoms. The number of nitrogens with one attached hydrogen (secondary N) is 1. The van der Waals surface area contributed by atoms with Gasteiger partial charge < -0.3 is 10.4 Å². The maximum atomic E-state index is 12.1. The first kappa shape index (κ1) is 15.6. The van der Waals surface area contributed by atoms with Gasteiger partial charge >= 0.3 is 0 Å². The number of hydrogen-bond donors (Lipinski definition) is 2. The Kier molecular flexibility index (Phi) is 5.30. The van der Waals surface area contributed by atoms with Gasteiger partial charge in [-0.25, -0.2) is 0 Å². The van der Waals surface area contributed by atoms with E-state index in [4.69, 9.17) is 23.2 Å². The zero-order chi connectivity index (χ0) is 14.6. The second-order valence-corrected chi connectivity index (χ2v) is 6.35. The molecule has 0 heterocycles. The number of halogens is 2. The molecule has 0 atom stereocenters. The molecule has 1 fully saturated rings. The van der Waals surface area contributed by atoms with Crippen LogP contribution in [-0.2, 0) is 0 Å². The Morgan fingerprint density at radius 3 is 2.20 bits per heavy atom. The van der Waals surface area contributed by atoms with Crippen LogP contribution in [-0.4, -0.2) is 23.2 Å². The number of carbonyl (C=O) groups excluding carboxylic acids is 1. The van der Waals surface area contributed by atoms with Crippen LogP contribution in [0.25, 0.3) is 0 Å². The second kappa shape index (κ2) is 6.79. The van der Waals surface area contributed by atoms with Crippen molar-refractivity contribution in [1.29, 1.82) is 0 Å². The third kappa shape index (κ3) is 4.37. The van der Waals surface area contributed by atoms with Gasteiger partial charge in [0.1, 0.15) is 0 Å². The van der Waals surface area contributed by atoms with Gasteiger partial charge in [-0.05, 0) is 31.0 Å². The lowest BCUT2D eigenvalue weighted by Crippen LogP contribution is -2.42. The summed E-state index contributed by atoms with van der Waals surface area (Å²) in [7, 11) is 0. The highest BCUT2D eigenvalue weighted by atomic mass is 35.5. The molecule has 2 N–H and O–H groups in total. The summed E-state index contributed by atoms with van der Waals surface area (Å²) in [6.45, 7) is 0.274. The fourth-order valence-corrected chi connectivity index (χ4v) is 3.12. The molecule has 1 amide bonds. The smallest absolute Gasteiger partial charge is 0.251 e. The van der Waals surface area contributed by atoms with Crippen molar-refractivity contribution in [3.63, 3.8) is 0 Å². The minimum absolute atomic E-state index is 0.257. The zero-order valence-corrected chi connectivity index (χ0v) is 12.8. The fourth-order valence-electron chi connectivity index (χ4n) is 2.60. The van der Waals surface area contributed by atoms with E-state index >= 15 is 0 Å². The van der Waals surface area contributed by atoms with Crippen LogP contribution >= 0.6 is 23.2 Å². The molecule has 0 bridgehead atoms. The molecule has 0 saturated heterocycles. The van der Waals surface area contributed by atoms with E-state index < -0.39 is 5.60 Å². The van der Waals surface area contributed by atoms with Gasteiger partial charge in [0.2, 0.25) is 0 Å². The first-order chi connectivity index (χ1) is 9.48. The minimum atomic E-state index is -0.783. The molecule has 1 aliphatic rings. The highest BCUT2D eigenvalue weighted by molar-refractivity contribution is 6.35. The van der Waals surface area contributed by atoms with Gasteiger partial charge in [0, 0.05) is 22.2 Å². The molecule has 1 aliphatic carbocycles. The van der Waals surface area contributed by atoms with Gasteiger partial charge in [0.05, 0.1) is 5.60 Å². The standard InChI is InChI=1S/C15H19Cl2NO2/c16-12-7-11(8-13(17)9-12)14(19)18-10-15(20)5-3-1-2-4-6-15/h7-9,20H,1-6,10H2,(H,18,19). The Bertz CT molecular complexity index is 463. The number of rotatable bonds is 3. The topological polar surface area (TPSA) is 49.3 Å². The summed E-state index contributed by atoms with van der Waals surface area (Å²) in [5.41, 5.74) is -0.367. The summed E-state index contributed by atoms with van der Waals surface area (Å²) >= 11 is 11.8. The number of carbonyl (C=O) groups is 1. The summed E-state index contributed by atoms with van der Waals surface area (Å²) in [5, 5.41) is 14.1. The number of amides is 1. The van der Waals surface area contributed by atoms with Crippen molar-refractivity contribution in [2.24, 2.45) is 0 Å². The van der Waals surface area contributed by atoms with E-state index in [0.29, 0.717) is 15.6 Å². The fraction of sp³-hybridized carbons (Fsp3) is 0.533. The van der Waals surface area contributed by atoms with E-state index in [1.807, 2.05) is 0 Å². The predicted molar refractivity (Wildman–Crippen MR) is 81.4 cm³/mol. The van der Waals surface area contributed by atoms with Crippen molar-refractivity contribution in [2.75, 3.05) is 6.54 Å². The number of hydrogen-bond acceptors (Lipinski definition) is 2. The SMILES string of the molecule is O=C(NCC1(O)CCCCCC1)c1cc(Cl)cc(Cl)c1. The minimum Gasteiger partial charge on any atom is -0.388 e. The van der Waals surface area contributed by atoms with Crippen LogP contribution in [0.2, 0.25) is 10.0 Å². The largest absolute Gasteiger partial charge is 0.388 e. The number of benzene rings is 1. The molecule has 2 rings (SSSR count). The average Bonchev–Trinajstić information content (AvgIpc) is 2.60. The molecule has 3 nitrogen and oxygen atoms in total. The molecule has 1 aromatic rings. The van der Waals surface area contributed by atoms with Crippen molar-refractivity contribution < 1.29 is 9.90 Å². The van der Waals surface area contributed by atoms with E-state index in [-0.39, 0.29) is 12.5 Å². The Balaban J connectivity index is 1.97. The monoisotopic (exact) mass is 315 g/mol. The molecule has 5 heteroatoms. The maximum absolute atomic E-state index is 12.1. The first-order valence-electron chi connectivity index (χ1n) is 6.95. The van der Waals surface area contributed by atoms with E-state index in [1.54, 1.807) is 18.2 Å². The van der Waals surface area contributed by atoms with Crippen molar-refractivity contribution in [2.45, 2.75) is 44.1 Å².